The summed E-state index contributed by atoms with van der Waals surface area (Å²) in [5.74, 6) is -0.200. The maximum Gasteiger partial charge on any atom is 0.244 e. The molecule has 2 aromatic rings. The molecule has 0 saturated heterocycles. The number of hydrogen-bond donors (Lipinski definition) is 1. The van der Waals surface area contributed by atoms with Crippen molar-refractivity contribution < 1.29 is 22.7 Å². The molecule has 0 aliphatic heterocycles. The van der Waals surface area contributed by atoms with Crippen LogP contribution in [0.4, 0.5) is 5.69 Å². The minimum atomic E-state index is -3.78. The third kappa shape index (κ3) is 6.46. The van der Waals surface area contributed by atoms with Gasteiger partial charge in [-0.15, -0.1) is 0 Å². The molecule has 2 rings (SSSR count). The Morgan fingerprint density at radius 3 is 2.41 bits per heavy atom. The lowest BCUT2D eigenvalue weighted by Crippen LogP contribution is -2.51. The highest BCUT2D eigenvalue weighted by Gasteiger charge is 2.31. The molecular weight excluding hydrogens is 498 g/mol. The van der Waals surface area contributed by atoms with Crippen molar-refractivity contribution in [1.29, 1.82) is 0 Å². The second-order valence-electron chi connectivity index (χ2n) is 7.13. The van der Waals surface area contributed by atoms with Gasteiger partial charge in [-0.2, -0.15) is 0 Å². The van der Waals surface area contributed by atoms with Gasteiger partial charge in [0.2, 0.25) is 21.8 Å². The van der Waals surface area contributed by atoms with Crippen LogP contribution in [0, 0.1) is 0 Å². The molecule has 0 spiro atoms. The molecule has 0 bridgehead atoms. The highest BCUT2D eigenvalue weighted by Crippen LogP contribution is 2.28. The number of hydrogen-bond acceptors (Lipinski definition) is 5. The monoisotopic (exact) mass is 525 g/mol. The Labute approximate surface area is 197 Å². The fourth-order valence-electron chi connectivity index (χ4n) is 3.30. The number of nitrogens with zero attached hydrogens (tertiary/aromatic N) is 2. The number of anilines is 1. The number of methoxy groups -OCH3 is 1. The molecule has 1 unspecified atom stereocenters. The number of benzene rings is 2. The third-order valence-electron chi connectivity index (χ3n) is 4.92. The third-order valence-corrected chi connectivity index (χ3v) is 6.72. The lowest BCUT2D eigenvalue weighted by Gasteiger charge is -2.32. The van der Waals surface area contributed by atoms with E-state index in [1.807, 2.05) is 6.07 Å². The van der Waals surface area contributed by atoms with Crippen LogP contribution in [0.1, 0.15) is 18.9 Å². The van der Waals surface area contributed by atoms with Gasteiger partial charge < -0.3 is 15.0 Å². The summed E-state index contributed by atoms with van der Waals surface area (Å²) in [5, 5.41) is 2.59. The van der Waals surface area contributed by atoms with Crippen molar-refractivity contribution in [3.8, 4) is 5.75 Å². The highest BCUT2D eigenvalue weighted by atomic mass is 79.9. The van der Waals surface area contributed by atoms with Crippen LogP contribution in [0.25, 0.3) is 0 Å². The first-order chi connectivity index (χ1) is 15.1. The van der Waals surface area contributed by atoms with E-state index >= 15 is 0 Å². The molecule has 0 fully saturated rings. The van der Waals surface area contributed by atoms with Gasteiger partial charge in [0.15, 0.2) is 0 Å². The summed E-state index contributed by atoms with van der Waals surface area (Å²) in [5.41, 5.74) is 1.10. The van der Waals surface area contributed by atoms with Crippen LogP contribution in [0.5, 0.6) is 5.75 Å². The first kappa shape index (κ1) is 25.7. The topological polar surface area (TPSA) is 96.0 Å². The Kier molecular flexibility index (Phi) is 9.09. The van der Waals surface area contributed by atoms with E-state index < -0.39 is 28.5 Å². The van der Waals surface area contributed by atoms with Crippen molar-refractivity contribution in [3.63, 3.8) is 0 Å². The van der Waals surface area contributed by atoms with E-state index in [0.717, 1.165) is 16.1 Å². The lowest BCUT2D eigenvalue weighted by molar-refractivity contribution is -0.140. The van der Waals surface area contributed by atoms with Gasteiger partial charge in [0.25, 0.3) is 0 Å². The van der Waals surface area contributed by atoms with E-state index in [0.29, 0.717) is 22.3 Å². The van der Waals surface area contributed by atoms with Crippen LogP contribution in [0.2, 0.25) is 0 Å². The Hall–Kier alpha value is -2.59. The zero-order chi connectivity index (χ0) is 23.9. The van der Waals surface area contributed by atoms with Gasteiger partial charge in [-0.25, -0.2) is 8.42 Å². The predicted octanol–water partition coefficient (Wildman–Crippen LogP) is 2.78. The van der Waals surface area contributed by atoms with Gasteiger partial charge in [-0.3, -0.25) is 13.9 Å². The van der Waals surface area contributed by atoms with Crippen LogP contribution in [-0.4, -0.2) is 58.1 Å². The molecule has 2 aromatic carbocycles. The van der Waals surface area contributed by atoms with E-state index in [2.05, 4.69) is 21.2 Å². The zero-order valence-corrected chi connectivity index (χ0v) is 20.9. The molecule has 0 radical (unpaired) electrons. The maximum absolute atomic E-state index is 13.5. The Balaban J connectivity index is 2.45. The van der Waals surface area contributed by atoms with Crippen LogP contribution < -0.4 is 14.4 Å². The second-order valence-corrected chi connectivity index (χ2v) is 9.89. The molecule has 8 nitrogen and oxygen atoms in total. The lowest BCUT2D eigenvalue weighted by atomic mass is 10.1. The average Bonchev–Trinajstić information content (AvgIpc) is 2.76. The fourth-order valence-corrected chi connectivity index (χ4v) is 4.78. The molecule has 0 aliphatic rings. The molecule has 10 heteroatoms. The highest BCUT2D eigenvalue weighted by molar-refractivity contribution is 9.10. The normalized spacial score (nSPS) is 12.0. The number of likely N-dealkylation sites (N-methyl/N-ethyl adjacent to an activating group) is 1. The molecule has 174 valence electrons. The predicted molar refractivity (Wildman–Crippen MR) is 128 cm³/mol. The van der Waals surface area contributed by atoms with E-state index in [4.69, 9.17) is 4.74 Å². The molecular formula is C22H28BrN3O5S. The molecule has 32 heavy (non-hydrogen) atoms. The van der Waals surface area contributed by atoms with E-state index in [1.165, 1.54) is 11.9 Å². The van der Waals surface area contributed by atoms with Crippen molar-refractivity contribution in [2.24, 2.45) is 0 Å². The van der Waals surface area contributed by atoms with Crippen LogP contribution in [0.3, 0.4) is 0 Å². The largest absolute Gasteiger partial charge is 0.497 e. The Morgan fingerprint density at radius 1 is 1.16 bits per heavy atom. The smallest absolute Gasteiger partial charge is 0.244 e. The second kappa shape index (κ2) is 11.3. The van der Waals surface area contributed by atoms with Crippen LogP contribution in [0.15, 0.2) is 53.0 Å². The number of carbonyl (C=O) groups excluding carboxylic acids is 2. The molecule has 1 atom stereocenters. The average molecular weight is 526 g/mol. The van der Waals surface area contributed by atoms with Crippen molar-refractivity contribution in [2.75, 3.05) is 31.3 Å². The number of para-hydroxylation sites is 1. The Bertz CT molecular complexity index is 1060. The van der Waals surface area contributed by atoms with Gasteiger partial charge in [-0.1, -0.05) is 31.2 Å². The quantitative estimate of drug-likeness (QED) is 0.514. The minimum Gasteiger partial charge on any atom is -0.497 e. The van der Waals surface area contributed by atoms with Gasteiger partial charge in [0.05, 0.1) is 19.1 Å². The number of sulfonamides is 1. The summed E-state index contributed by atoms with van der Waals surface area (Å²) >= 11 is 3.35. The molecule has 0 aliphatic carbocycles. The summed E-state index contributed by atoms with van der Waals surface area (Å²) in [6.07, 6.45) is 1.41. The zero-order valence-electron chi connectivity index (χ0n) is 18.5. The van der Waals surface area contributed by atoms with E-state index in [1.54, 1.807) is 56.5 Å². The van der Waals surface area contributed by atoms with Crippen molar-refractivity contribution in [2.45, 2.75) is 25.9 Å². The summed E-state index contributed by atoms with van der Waals surface area (Å²) in [6.45, 7) is 1.47. The minimum absolute atomic E-state index is 0.121. The number of nitrogens with one attached hydrogen (secondary N) is 1. The van der Waals surface area contributed by atoms with Crippen LogP contribution >= 0.6 is 15.9 Å². The van der Waals surface area contributed by atoms with Crippen molar-refractivity contribution in [1.82, 2.24) is 10.2 Å². The number of ether oxygens (including phenoxy) is 1. The molecule has 2 amide bonds. The number of carbonyl (C=O) groups is 2. The summed E-state index contributed by atoms with van der Waals surface area (Å²) in [7, 11) is -0.728. The number of halogens is 1. The maximum atomic E-state index is 13.5. The van der Waals surface area contributed by atoms with Gasteiger partial charge in [-0.05, 0) is 52.2 Å². The van der Waals surface area contributed by atoms with Crippen molar-refractivity contribution in [3.05, 3.63) is 58.6 Å². The van der Waals surface area contributed by atoms with Crippen molar-refractivity contribution >= 4 is 43.5 Å². The van der Waals surface area contributed by atoms with Gasteiger partial charge >= 0.3 is 0 Å². The van der Waals surface area contributed by atoms with Gasteiger partial charge in [0, 0.05) is 18.1 Å². The summed E-state index contributed by atoms with van der Waals surface area (Å²) in [4.78, 5) is 27.4. The fraction of sp³-hybridized carbons (Fsp3) is 0.364. The van der Waals surface area contributed by atoms with E-state index in [-0.39, 0.29) is 12.5 Å². The molecule has 0 aromatic heterocycles. The van der Waals surface area contributed by atoms with E-state index in [9.17, 15) is 18.0 Å². The molecule has 0 heterocycles. The number of rotatable bonds is 10. The SMILES string of the molecule is CCC(C(=O)NC)N(Cc1cccc(OC)c1)C(=O)CN(c1ccccc1Br)S(C)(=O)=O. The molecule has 0 saturated carbocycles. The first-order valence-electron chi connectivity index (χ1n) is 9.98. The summed E-state index contributed by atoms with van der Waals surface area (Å²) in [6, 6.07) is 13.2. The summed E-state index contributed by atoms with van der Waals surface area (Å²) < 4.78 is 31.9. The standard InChI is InChI=1S/C22H28BrN3O5S/c1-5-19(22(28)24-2)25(14-16-9-8-10-17(13-16)31-3)21(27)15-26(32(4,29)30)20-12-7-6-11-18(20)23/h6-13,19H,5,14-15H2,1-4H3,(H,24,28). The van der Waals surface area contributed by atoms with Crippen LogP contribution in [-0.2, 0) is 26.2 Å². The molecule has 1 N–H and O–H groups in total. The Morgan fingerprint density at radius 2 is 1.84 bits per heavy atom. The number of amides is 2. The van der Waals surface area contributed by atoms with Gasteiger partial charge in [0.1, 0.15) is 18.3 Å². The first-order valence-corrected chi connectivity index (χ1v) is 12.6.